The third kappa shape index (κ3) is 3.06. The molecule has 1 aromatic carbocycles. The van der Waals surface area contributed by atoms with Gasteiger partial charge in [0.05, 0.1) is 6.26 Å². The molecule has 21 heavy (non-hydrogen) atoms. The highest BCUT2D eigenvalue weighted by atomic mass is 79.9. The molecule has 0 saturated heterocycles. The minimum Gasteiger partial charge on any atom is -0.467 e. The fraction of sp³-hybridized carbons (Fsp3) is 0.133. The lowest BCUT2D eigenvalue weighted by molar-refractivity contribution is 0.488. The van der Waals surface area contributed by atoms with Gasteiger partial charge in [-0.3, -0.25) is 0 Å². The Morgan fingerprint density at radius 3 is 2.76 bits per heavy atom. The maximum absolute atomic E-state index is 5.57. The number of nitrogens with zero attached hydrogens (tertiary/aromatic N) is 2. The smallest absolute Gasteiger partial charge is 0.143 e. The molecule has 1 unspecified atom stereocenters. The van der Waals surface area contributed by atoms with E-state index in [9.17, 15) is 0 Å². The zero-order chi connectivity index (χ0) is 14.8. The number of benzene rings is 1. The van der Waals surface area contributed by atoms with Gasteiger partial charge in [-0.15, -0.1) is 0 Å². The Morgan fingerprint density at radius 2 is 2.14 bits per heavy atom. The Hall–Kier alpha value is -1.53. The van der Waals surface area contributed by atoms with Gasteiger partial charge in [0, 0.05) is 34.1 Å². The topological polar surface area (TPSA) is 43.0 Å². The molecule has 2 aromatic heterocycles. The van der Waals surface area contributed by atoms with Crippen molar-refractivity contribution in [3.05, 3.63) is 69.5 Å². The van der Waals surface area contributed by atoms with Crippen LogP contribution in [0.1, 0.15) is 17.6 Å². The zero-order valence-corrected chi connectivity index (χ0v) is 14.4. The number of hydrogen-bond acceptors (Lipinski definition) is 3. The van der Waals surface area contributed by atoms with Gasteiger partial charge in [0.2, 0.25) is 0 Å². The summed E-state index contributed by atoms with van der Waals surface area (Å²) >= 11 is 7.03. The van der Waals surface area contributed by atoms with Crippen molar-refractivity contribution in [1.82, 2.24) is 9.55 Å². The van der Waals surface area contributed by atoms with Gasteiger partial charge >= 0.3 is 0 Å². The van der Waals surface area contributed by atoms with Crippen molar-refractivity contribution < 1.29 is 4.42 Å². The number of anilines is 1. The van der Waals surface area contributed by atoms with Crippen molar-refractivity contribution >= 4 is 37.5 Å². The molecule has 6 heteroatoms. The molecule has 0 aliphatic rings. The van der Waals surface area contributed by atoms with Crippen LogP contribution in [0.3, 0.4) is 0 Å². The van der Waals surface area contributed by atoms with Crippen molar-refractivity contribution in [1.29, 1.82) is 0 Å². The molecule has 1 atom stereocenters. The fourth-order valence-corrected chi connectivity index (χ4v) is 3.30. The first-order valence-corrected chi connectivity index (χ1v) is 7.96. The number of halogens is 2. The van der Waals surface area contributed by atoms with Crippen LogP contribution in [0.25, 0.3) is 0 Å². The molecule has 0 aliphatic carbocycles. The summed E-state index contributed by atoms with van der Waals surface area (Å²) in [6.07, 6.45) is 5.37. The van der Waals surface area contributed by atoms with E-state index in [1.807, 2.05) is 48.1 Å². The van der Waals surface area contributed by atoms with E-state index in [1.165, 1.54) is 0 Å². The molecule has 0 bridgehead atoms. The highest BCUT2D eigenvalue weighted by Crippen LogP contribution is 2.31. The Morgan fingerprint density at radius 1 is 1.29 bits per heavy atom. The van der Waals surface area contributed by atoms with Gasteiger partial charge in [0.25, 0.3) is 0 Å². The van der Waals surface area contributed by atoms with E-state index in [2.05, 4.69) is 42.2 Å². The molecular formula is C15H13Br2N3O. The second kappa shape index (κ2) is 6.07. The summed E-state index contributed by atoms with van der Waals surface area (Å²) in [4.78, 5) is 4.43. The lowest BCUT2D eigenvalue weighted by Gasteiger charge is -2.19. The lowest BCUT2D eigenvalue weighted by atomic mass is 10.2. The Balaban J connectivity index is 1.99. The molecule has 0 fully saturated rings. The predicted molar refractivity (Wildman–Crippen MR) is 89.2 cm³/mol. The Labute approximate surface area is 139 Å². The molecule has 0 radical (unpaired) electrons. The van der Waals surface area contributed by atoms with Crippen LogP contribution in [0.15, 0.2) is 62.4 Å². The van der Waals surface area contributed by atoms with Crippen molar-refractivity contribution in [3.63, 3.8) is 0 Å². The summed E-state index contributed by atoms with van der Waals surface area (Å²) in [5, 5.41) is 3.48. The molecule has 1 N–H and O–H groups in total. The van der Waals surface area contributed by atoms with Crippen LogP contribution >= 0.6 is 31.9 Å². The first kappa shape index (κ1) is 14.4. The third-order valence-electron chi connectivity index (χ3n) is 3.18. The standard InChI is InChI=1S/C15H13Br2N3O/c1-20-7-6-18-15(20)14(13-3-2-8-21-13)19-12-5-4-10(16)9-11(12)17/h2-9,14,19H,1H3. The maximum atomic E-state index is 5.57. The number of imidazole rings is 1. The summed E-state index contributed by atoms with van der Waals surface area (Å²) in [6, 6.07) is 9.66. The number of hydrogen-bond donors (Lipinski definition) is 1. The number of rotatable bonds is 4. The molecule has 0 aliphatic heterocycles. The minimum atomic E-state index is -0.155. The van der Waals surface area contributed by atoms with Crippen LogP contribution in [0.5, 0.6) is 0 Å². The lowest BCUT2D eigenvalue weighted by Crippen LogP contribution is -2.16. The van der Waals surface area contributed by atoms with Gasteiger partial charge in [-0.2, -0.15) is 0 Å². The summed E-state index contributed by atoms with van der Waals surface area (Å²) in [6.45, 7) is 0. The highest BCUT2D eigenvalue weighted by Gasteiger charge is 2.21. The van der Waals surface area contributed by atoms with E-state index >= 15 is 0 Å². The van der Waals surface area contributed by atoms with Crippen molar-refractivity contribution in [2.24, 2.45) is 7.05 Å². The first-order valence-electron chi connectivity index (χ1n) is 6.37. The van der Waals surface area contributed by atoms with Crippen LogP contribution in [0, 0.1) is 0 Å². The summed E-state index contributed by atoms with van der Waals surface area (Å²) in [5.41, 5.74) is 0.975. The van der Waals surface area contributed by atoms with Gasteiger partial charge in [0.1, 0.15) is 17.6 Å². The number of furan rings is 1. The van der Waals surface area contributed by atoms with Crippen molar-refractivity contribution in [3.8, 4) is 0 Å². The number of aryl methyl sites for hydroxylation is 1. The van der Waals surface area contributed by atoms with Crippen LogP contribution in [-0.2, 0) is 7.05 Å². The summed E-state index contributed by atoms with van der Waals surface area (Å²) in [5.74, 6) is 1.71. The molecule has 0 spiro atoms. The predicted octanol–water partition coefficient (Wildman–Crippen LogP) is 4.74. The molecular weight excluding hydrogens is 398 g/mol. The van der Waals surface area contributed by atoms with Crippen molar-refractivity contribution in [2.75, 3.05) is 5.32 Å². The molecule has 2 heterocycles. The van der Waals surface area contributed by atoms with Gasteiger partial charge in [-0.1, -0.05) is 15.9 Å². The average molecular weight is 411 g/mol. The molecule has 3 aromatic rings. The van der Waals surface area contributed by atoms with Gasteiger partial charge < -0.3 is 14.3 Å². The quantitative estimate of drug-likeness (QED) is 0.675. The normalized spacial score (nSPS) is 12.3. The van der Waals surface area contributed by atoms with Gasteiger partial charge in [-0.25, -0.2) is 4.98 Å². The molecule has 0 saturated carbocycles. The van der Waals surface area contributed by atoms with Crippen LogP contribution in [-0.4, -0.2) is 9.55 Å². The largest absolute Gasteiger partial charge is 0.467 e. The zero-order valence-electron chi connectivity index (χ0n) is 11.3. The summed E-state index contributed by atoms with van der Waals surface area (Å²) < 4.78 is 9.54. The average Bonchev–Trinajstić information content (AvgIpc) is 3.10. The SMILES string of the molecule is Cn1ccnc1C(Nc1ccc(Br)cc1Br)c1ccco1. The van der Waals surface area contributed by atoms with E-state index in [0.29, 0.717) is 0 Å². The molecule has 3 rings (SSSR count). The van der Waals surface area contributed by atoms with E-state index in [1.54, 1.807) is 12.5 Å². The summed E-state index contributed by atoms with van der Waals surface area (Å²) in [7, 11) is 1.97. The van der Waals surface area contributed by atoms with E-state index in [0.717, 1.165) is 26.2 Å². The van der Waals surface area contributed by atoms with Gasteiger partial charge in [0.15, 0.2) is 0 Å². The van der Waals surface area contributed by atoms with E-state index in [4.69, 9.17) is 4.42 Å². The molecule has 108 valence electrons. The van der Waals surface area contributed by atoms with Crippen molar-refractivity contribution in [2.45, 2.75) is 6.04 Å². The fourth-order valence-electron chi connectivity index (χ4n) is 2.14. The second-order valence-corrected chi connectivity index (χ2v) is 6.38. The maximum Gasteiger partial charge on any atom is 0.143 e. The minimum absolute atomic E-state index is 0.155. The Kier molecular flexibility index (Phi) is 4.17. The van der Waals surface area contributed by atoms with Crippen LogP contribution in [0.4, 0.5) is 5.69 Å². The number of aromatic nitrogens is 2. The monoisotopic (exact) mass is 409 g/mol. The highest BCUT2D eigenvalue weighted by molar-refractivity contribution is 9.11. The first-order chi connectivity index (χ1) is 10.1. The molecule has 4 nitrogen and oxygen atoms in total. The van der Waals surface area contributed by atoms with E-state index < -0.39 is 0 Å². The molecule has 0 amide bonds. The van der Waals surface area contributed by atoms with E-state index in [-0.39, 0.29) is 6.04 Å². The number of nitrogens with one attached hydrogen (secondary N) is 1. The van der Waals surface area contributed by atoms with Crippen LogP contribution < -0.4 is 5.32 Å². The van der Waals surface area contributed by atoms with Crippen LogP contribution in [0.2, 0.25) is 0 Å². The Bertz CT molecular complexity index is 737. The third-order valence-corrected chi connectivity index (χ3v) is 4.32. The second-order valence-electron chi connectivity index (χ2n) is 4.61. The van der Waals surface area contributed by atoms with Gasteiger partial charge in [-0.05, 0) is 46.3 Å².